The van der Waals surface area contributed by atoms with Gasteiger partial charge in [0, 0.05) is 37.8 Å². The molecule has 4 heterocycles. The van der Waals surface area contributed by atoms with E-state index in [0.717, 1.165) is 28.7 Å². The number of imidazole rings is 1. The Morgan fingerprint density at radius 2 is 2.27 bits per heavy atom. The number of aryl methyl sites for hydroxylation is 1. The van der Waals surface area contributed by atoms with E-state index in [1.165, 1.54) is 11.1 Å². The van der Waals surface area contributed by atoms with E-state index in [4.69, 9.17) is 0 Å². The molecule has 0 aliphatic carbocycles. The van der Waals surface area contributed by atoms with Crippen molar-refractivity contribution in [2.75, 3.05) is 18.9 Å². The van der Waals surface area contributed by atoms with Crippen molar-refractivity contribution in [2.45, 2.75) is 6.92 Å². The van der Waals surface area contributed by atoms with Gasteiger partial charge in [-0.2, -0.15) is 0 Å². The van der Waals surface area contributed by atoms with Crippen molar-refractivity contribution in [1.29, 1.82) is 0 Å². The molecule has 0 unspecified atom stereocenters. The Bertz CT molecular complexity index is 862. The highest BCUT2D eigenvalue weighted by molar-refractivity contribution is 7.14. The molecule has 0 aromatic carbocycles. The van der Waals surface area contributed by atoms with Crippen molar-refractivity contribution in [3.63, 3.8) is 0 Å². The molecule has 0 fully saturated rings. The van der Waals surface area contributed by atoms with Gasteiger partial charge in [0.15, 0.2) is 11.5 Å². The fourth-order valence-electron chi connectivity index (χ4n) is 2.55. The van der Waals surface area contributed by atoms with Crippen LogP contribution in [0, 0.1) is 6.92 Å². The molecule has 1 aliphatic rings. The molecular weight excluding hydrogens is 296 g/mol. The van der Waals surface area contributed by atoms with E-state index in [2.05, 4.69) is 49.7 Å². The third-order valence-electron chi connectivity index (χ3n) is 3.60. The molecule has 6 nitrogen and oxygen atoms in total. The zero-order chi connectivity index (χ0) is 15.1. The molecule has 0 radical (unpaired) electrons. The van der Waals surface area contributed by atoms with E-state index < -0.39 is 0 Å². The minimum Gasteiger partial charge on any atom is -0.329 e. The molecule has 3 aromatic rings. The molecule has 0 atom stereocenters. The van der Waals surface area contributed by atoms with Crippen molar-refractivity contribution in [3.8, 4) is 0 Å². The van der Waals surface area contributed by atoms with Crippen molar-refractivity contribution < 1.29 is 0 Å². The maximum absolute atomic E-state index is 4.55. The molecule has 0 saturated carbocycles. The third-order valence-corrected chi connectivity index (χ3v) is 4.56. The third kappa shape index (κ3) is 2.24. The highest BCUT2D eigenvalue weighted by Gasteiger charge is 2.16. The van der Waals surface area contributed by atoms with E-state index in [0.29, 0.717) is 0 Å². The average molecular weight is 312 g/mol. The van der Waals surface area contributed by atoms with Crippen LogP contribution in [0.25, 0.3) is 11.2 Å². The van der Waals surface area contributed by atoms with Crippen molar-refractivity contribution >= 4 is 33.4 Å². The molecule has 7 heteroatoms. The Kier molecular flexibility index (Phi) is 3.09. The average Bonchev–Trinajstić information content (AvgIpc) is 3.19. The predicted molar refractivity (Wildman–Crippen MR) is 89.1 cm³/mol. The van der Waals surface area contributed by atoms with Gasteiger partial charge >= 0.3 is 0 Å². The van der Waals surface area contributed by atoms with E-state index in [1.807, 2.05) is 24.5 Å². The van der Waals surface area contributed by atoms with Gasteiger partial charge in [-0.1, -0.05) is 0 Å². The second kappa shape index (κ2) is 5.11. The van der Waals surface area contributed by atoms with Crippen LogP contribution in [0.4, 0.5) is 10.8 Å². The van der Waals surface area contributed by atoms with Crippen LogP contribution < -0.4 is 10.7 Å². The van der Waals surface area contributed by atoms with E-state index in [9.17, 15) is 0 Å². The molecule has 0 spiro atoms. The zero-order valence-electron chi connectivity index (χ0n) is 12.4. The van der Waals surface area contributed by atoms with Gasteiger partial charge in [0.05, 0.1) is 16.9 Å². The lowest BCUT2D eigenvalue weighted by Crippen LogP contribution is -2.23. The Morgan fingerprint density at radius 1 is 1.36 bits per heavy atom. The summed E-state index contributed by atoms with van der Waals surface area (Å²) in [6.07, 6.45) is 7.73. The van der Waals surface area contributed by atoms with Crippen molar-refractivity contribution in [2.24, 2.45) is 0 Å². The molecule has 2 N–H and O–H groups in total. The highest BCUT2D eigenvalue weighted by Crippen LogP contribution is 2.27. The Labute approximate surface area is 132 Å². The van der Waals surface area contributed by atoms with Crippen LogP contribution in [0.15, 0.2) is 36.2 Å². The van der Waals surface area contributed by atoms with Crippen molar-refractivity contribution in [1.82, 2.24) is 24.8 Å². The minimum atomic E-state index is 0.774. The second-order valence-electron chi connectivity index (χ2n) is 5.33. The van der Waals surface area contributed by atoms with Crippen LogP contribution in [0.3, 0.4) is 0 Å². The maximum Gasteiger partial charge on any atom is 0.180 e. The smallest absolute Gasteiger partial charge is 0.180 e. The number of rotatable bonds is 3. The standard InChI is InChI=1S/C15H16N6S/c1-10-5-13(22-9-10)19-14-15-17-7-12(21(15)4-3-16-14)11-6-18-20(2)8-11/h3-5,7-9,18H,6H2,1-2H3,(H,16,19). The molecule has 1 aliphatic heterocycles. The minimum absolute atomic E-state index is 0.774. The van der Waals surface area contributed by atoms with Crippen LogP contribution in [-0.4, -0.2) is 33.0 Å². The first-order valence-electron chi connectivity index (χ1n) is 7.02. The number of anilines is 2. The van der Waals surface area contributed by atoms with Crippen LogP contribution in [0.5, 0.6) is 0 Å². The van der Waals surface area contributed by atoms with Gasteiger partial charge in [0.2, 0.25) is 0 Å². The van der Waals surface area contributed by atoms with E-state index in [1.54, 1.807) is 17.5 Å². The Balaban J connectivity index is 1.75. The summed E-state index contributed by atoms with van der Waals surface area (Å²) >= 11 is 1.67. The van der Waals surface area contributed by atoms with Gasteiger partial charge in [-0.25, -0.2) is 15.4 Å². The number of aromatic nitrogens is 3. The largest absolute Gasteiger partial charge is 0.329 e. The van der Waals surface area contributed by atoms with Crippen LogP contribution >= 0.6 is 11.3 Å². The topological polar surface area (TPSA) is 57.5 Å². The van der Waals surface area contributed by atoms with Gasteiger partial charge in [0.25, 0.3) is 0 Å². The molecule has 0 amide bonds. The molecule has 22 heavy (non-hydrogen) atoms. The molecule has 3 aromatic heterocycles. The predicted octanol–water partition coefficient (Wildman–Crippen LogP) is 2.63. The monoisotopic (exact) mass is 312 g/mol. The Hall–Kier alpha value is -2.38. The first kappa shape index (κ1) is 13.3. The molecule has 4 rings (SSSR count). The number of thiophene rings is 1. The van der Waals surface area contributed by atoms with E-state index in [-0.39, 0.29) is 0 Å². The summed E-state index contributed by atoms with van der Waals surface area (Å²) in [6, 6.07) is 2.11. The lowest BCUT2D eigenvalue weighted by Gasteiger charge is -2.06. The fraction of sp³-hybridized carbons (Fsp3) is 0.200. The van der Waals surface area contributed by atoms with Gasteiger partial charge < -0.3 is 10.3 Å². The van der Waals surface area contributed by atoms with Crippen LogP contribution in [0.2, 0.25) is 0 Å². The quantitative estimate of drug-likeness (QED) is 0.778. The van der Waals surface area contributed by atoms with E-state index >= 15 is 0 Å². The van der Waals surface area contributed by atoms with Gasteiger partial charge in [-0.05, 0) is 23.9 Å². The molecule has 0 bridgehead atoms. The van der Waals surface area contributed by atoms with Gasteiger partial charge in [-0.15, -0.1) is 11.3 Å². The SMILES string of the molecule is Cc1csc(Nc2nccn3c(C4=CN(C)NC4)cnc23)c1. The molecule has 0 saturated heterocycles. The maximum atomic E-state index is 4.55. The summed E-state index contributed by atoms with van der Waals surface area (Å²) in [7, 11) is 1.99. The zero-order valence-corrected chi connectivity index (χ0v) is 13.2. The summed E-state index contributed by atoms with van der Waals surface area (Å²) in [6.45, 7) is 2.89. The second-order valence-corrected chi connectivity index (χ2v) is 6.24. The number of hydrazine groups is 1. The van der Waals surface area contributed by atoms with Crippen LogP contribution in [-0.2, 0) is 0 Å². The number of nitrogens with one attached hydrogen (secondary N) is 2. The summed E-state index contributed by atoms with van der Waals surface area (Å²) in [5, 5.41) is 8.51. The first-order chi connectivity index (χ1) is 10.7. The summed E-state index contributed by atoms with van der Waals surface area (Å²) in [5.41, 5.74) is 7.62. The van der Waals surface area contributed by atoms with Gasteiger partial charge in [-0.3, -0.25) is 4.40 Å². The number of nitrogens with zero attached hydrogens (tertiary/aromatic N) is 4. The summed E-state index contributed by atoms with van der Waals surface area (Å²) < 4.78 is 2.07. The number of fused-ring (bicyclic) bond motifs is 1. The van der Waals surface area contributed by atoms with Crippen molar-refractivity contribution in [3.05, 3.63) is 47.5 Å². The molecule has 112 valence electrons. The van der Waals surface area contributed by atoms with Crippen LogP contribution in [0.1, 0.15) is 11.3 Å². The summed E-state index contributed by atoms with van der Waals surface area (Å²) in [5.74, 6) is 0.774. The lowest BCUT2D eigenvalue weighted by molar-refractivity contribution is 0.374. The highest BCUT2D eigenvalue weighted by atomic mass is 32.1. The molecular formula is C15H16N6S. The first-order valence-corrected chi connectivity index (χ1v) is 7.90. The number of hydrogen-bond donors (Lipinski definition) is 2. The fourth-order valence-corrected chi connectivity index (χ4v) is 3.34. The number of hydrogen-bond acceptors (Lipinski definition) is 6. The summed E-state index contributed by atoms with van der Waals surface area (Å²) in [4.78, 5) is 8.98. The van der Waals surface area contributed by atoms with Gasteiger partial charge in [0.1, 0.15) is 0 Å². The lowest BCUT2D eigenvalue weighted by atomic mass is 10.2. The Morgan fingerprint density at radius 3 is 3.00 bits per heavy atom. The normalized spacial score (nSPS) is 14.6.